The highest BCUT2D eigenvalue weighted by Gasteiger charge is 2.47. The highest BCUT2D eigenvalue weighted by atomic mass is 19.4. The van der Waals surface area contributed by atoms with Crippen LogP contribution >= 0.6 is 0 Å². The van der Waals surface area contributed by atoms with Crippen molar-refractivity contribution < 1.29 is 37.4 Å². The Labute approximate surface area is 147 Å². The monoisotopic (exact) mass is 374 g/mol. The van der Waals surface area contributed by atoms with Gasteiger partial charge in [0.25, 0.3) is 0 Å². The van der Waals surface area contributed by atoms with E-state index in [1.165, 1.54) is 0 Å². The minimum absolute atomic E-state index is 0.0564. The number of hydrazine groups is 1. The number of halogens is 3. The second-order valence-electron chi connectivity index (χ2n) is 5.07. The molecule has 2 amide bonds. The van der Waals surface area contributed by atoms with Crippen LogP contribution in [-0.4, -0.2) is 51.9 Å². The standard InChI is InChI=1S/C16H17F3N2O5/c1-3-9-20(14(24)16(17,18)19)21(11(2)13(22)23)15(25)26-10-12-7-5-4-6-8-12/h3-8,11H,1,9-10H2,2H3,(H,22,23)/t11-/m0/s1. The molecule has 0 aliphatic heterocycles. The molecule has 1 rings (SSSR count). The third-order valence-corrected chi connectivity index (χ3v) is 3.16. The average Bonchev–Trinajstić information content (AvgIpc) is 2.58. The zero-order valence-electron chi connectivity index (χ0n) is 13.8. The summed E-state index contributed by atoms with van der Waals surface area (Å²) in [6, 6.07) is 6.42. The van der Waals surface area contributed by atoms with Crippen molar-refractivity contribution in [3.63, 3.8) is 0 Å². The first-order valence-electron chi connectivity index (χ1n) is 7.31. The number of carbonyl (C=O) groups is 3. The molecule has 0 fully saturated rings. The maximum Gasteiger partial charge on any atom is 0.473 e. The van der Waals surface area contributed by atoms with Gasteiger partial charge in [0, 0.05) is 0 Å². The number of aliphatic carboxylic acids is 1. The summed E-state index contributed by atoms with van der Waals surface area (Å²) in [5.74, 6) is -4.03. The van der Waals surface area contributed by atoms with Gasteiger partial charge >= 0.3 is 24.1 Å². The number of ether oxygens (including phenoxy) is 1. The van der Waals surface area contributed by atoms with Crippen LogP contribution in [0.25, 0.3) is 0 Å². The van der Waals surface area contributed by atoms with Crippen LogP contribution in [0.5, 0.6) is 0 Å². The molecule has 0 unspecified atom stereocenters. The van der Waals surface area contributed by atoms with Crippen molar-refractivity contribution in [1.82, 2.24) is 10.0 Å². The maximum absolute atomic E-state index is 12.8. The predicted octanol–water partition coefficient (Wildman–Crippen LogP) is 2.59. The molecule has 0 radical (unpaired) electrons. The molecule has 0 saturated carbocycles. The van der Waals surface area contributed by atoms with Crippen LogP contribution in [0, 0.1) is 0 Å². The number of carboxylic acids is 1. The fourth-order valence-corrected chi connectivity index (χ4v) is 1.89. The maximum atomic E-state index is 12.8. The number of benzene rings is 1. The second-order valence-corrected chi connectivity index (χ2v) is 5.07. The molecule has 1 atom stereocenters. The van der Waals surface area contributed by atoms with E-state index in [1.807, 2.05) is 0 Å². The van der Waals surface area contributed by atoms with Crippen molar-refractivity contribution in [1.29, 1.82) is 0 Å². The molecule has 0 aromatic heterocycles. The minimum atomic E-state index is -5.32. The molecule has 10 heteroatoms. The van der Waals surface area contributed by atoms with Gasteiger partial charge < -0.3 is 9.84 Å². The van der Waals surface area contributed by atoms with Gasteiger partial charge in [-0.15, -0.1) is 6.58 Å². The Morgan fingerprint density at radius 2 is 1.85 bits per heavy atom. The van der Waals surface area contributed by atoms with Crippen LogP contribution in [0.1, 0.15) is 12.5 Å². The number of hydrogen-bond donors (Lipinski definition) is 1. The number of amides is 2. The second kappa shape index (κ2) is 8.88. The first-order chi connectivity index (χ1) is 12.1. The molecule has 0 aliphatic rings. The molecular weight excluding hydrogens is 357 g/mol. The lowest BCUT2D eigenvalue weighted by atomic mass is 10.2. The number of carbonyl (C=O) groups excluding carboxylic acids is 2. The Morgan fingerprint density at radius 3 is 2.31 bits per heavy atom. The highest BCUT2D eigenvalue weighted by molar-refractivity contribution is 5.86. The van der Waals surface area contributed by atoms with E-state index in [1.54, 1.807) is 30.3 Å². The van der Waals surface area contributed by atoms with Crippen molar-refractivity contribution in [2.75, 3.05) is 6.54 Å². The Morgan fingerprint density at radius 1 is 1.27 bits per heavy atom. The van der Waals surface area contributed by atoms with Crippen LogP contribution in [0.15, 0.2) is 43.0 Å². The molecule has 1 N–H and O–H groups in total. The van der Waals surface area contributed by atoms with Gasteiger partial charge in [0.15, 0.2) is 6.04 Å². The molecule has 7 nitrogen and oxygen atoms in total. The molecular formula is C16H17F3N2O5. The number of carboxylic acid groups (broad SMARTS) is 1. The van der Waals surface area contributed by atoms with Gasteiger partial charge in [-0.1, -0.05) is 36.4 Å². The van der Waals surface area contributed by atoms with E-state index < -0.39 is 36.7 Å². The number of rotatable bonds is 6. The summed E-state index contributed by atoms with van der Waals surface area (Å²) < 4.78 is 43.3. The molecule has 0 bridgehead atoms. The largest absolute Gasteiger partial charge is 0.480 e. The Kier molecular flexibility index (Phi) is 7.17. The first kappa shape index (κ1) is 21.0. The fourth-order valence-electron chi connectivity index (χ4n) is 1.89. The highest BCUT2D eigenvalue weighted by Crippen LogP contribution is 2.22. The average molecular weight is 374 g/mol. The molecule has 0 aliphatic carbocycles. The molecule has 1 aromatic rings. The van der Waals surface area contributed by atoms with Crippen LogP contribution < -0.4 is 0 Å². The van der Waals surface area contributed by atoms with Gasteiger partial charge in [0.2, 0.25) is 0 Å². The molecule has 142 valence electrons. The Hall–Kier alpha value is -3.04. The van der Waals surface area contributed by atoms with E-state index in [9.17, 15) is 27.6 Å². The van der Waals surface area contributed by atoms with Crippen LogP contribution in [0.4, 0.5) is 18.0 Å². The van der Waals surface area contributed by atoms with E-state index >= 15 is 0 Å². The van der Waals surface area contributed by atoms with Crippen molar-refractivity contribution in [3.8, 4) is 0 Å². The number of nitrogens with zero attached hydrogens (tertiary/aromatic N) is 2. The fraction of sp³-hybridized carbons (Fsp3) is 0.312. The van der Waals surface area contributed by atoms with Gasteiger partial charge in [-0.25, -0.2) is 19.6 Å². The molecule has 0 heterocycles. The van der Waals surface area contributed by atoms with Gasteiger partial charge in [-0.05, 0) is 12.5 Å². The zero-order chi connectivity index (χ0) is 19.9. The van der Waals surface area contributed by atoms with Crippen LogP contribution in [0.3, 0.4) is 0 Å². The lowest BCUT2D eigenvalue weighted by molar-refractivity contribution is -0.201. The SMILES string of the molecule is C=CCN(C(=O)C(F)(F)F)N(C(=O)OCc1ccccc1)[C@@H](C)C(=O)O. The number of hydrogen-bond acceptors (Lipinski definition) is 4. The minimum Gasteiger partial charge on any atom is -0.480 e. The first-order valence-corrected chi connectivity index (χ1v) is 7.31. The van der Waals surface area contributed by atoms with Gasteiger partial charge in [-0.2, -0.15) is 13.2 Å². The van der Waals surface area contributed by atoms with Crippen molar-refractivity contribution >= 4 is 18.0 Å². The summed E-state index contributed by atoms with van der Waals surface area (Å²) in [6.45, 7) is 3.11. The van der Waals surface area contributed by atoms with Crippen molar-refractivity contribution in [3.05, 3.63) is 48.6 Å². The van der Waals surface area contributed by atoms with Gasteiger partial charge in [-0.3, -0.25) is 4.79 Å². The number of alkyl halides is 3. The molecule has 0 spiro atoms. The van der Waals surface area contributed by atoms with Gasteiger partial charge in [0.1, 0.15) is 6.61 Å². The van der Waals surface area contributed by atoms with E-state index in [0.29, 0.717) is 5.56 Å². The molecule has 26 heavy (non-hydrogen) atoms. The third-order valence-electron chi connectivity index (χ3n) is 3.16. The molecule has 0 saturated heterocycles. The van der Waals surface area contributed by atoms with Crippen molar-refractivity contribution in [2.45, 2.75) is 25.7 Å². The van der Waals surface area contributed by atoms with E-state index in [4.69, 9.17) is 9.84 Å². The Balaban J connectivity index is 3.11. The normalized spacial score (nSPS) is 12.0. The topological polar surface area (TPSA) is 87.2 Å². The lowest BCUT2D eigenvalue weighted by Crippen LogP contribution is -2.59. The van der Waals surface area contributed by atoms with Crippen LogP contribution in [-0.2, 0) is 20.9 Å². The van der Waals surface area contributed by atoms with Crippen LogP contribution in [0.2, 0.25) is 0 Å². The predicted molar refractivity (Wildman–Crippen MR) is 83.5 cm³/mol. The Bertz CT molecular complexity index is 664. The summed E-state index contributed by atoms with van der Waals surface area (Å²) in [4.78, 5) is 35.1. The van der Waals surface area contributed by atoms with E-state index in [2.05, 4.69) is 6.58 Å². The molecule has 1 aromatic carbocycles. The van der Waals surface area contributed by atoms with E-state index in [-0.39, 0.29) is 16.6 Å². The van der Waals surface area contributed by atoms with Gasteiger partial charge in [0.05, 0.1) is 6.54 Å². The lowest BCUT2D eigenvalue weighted by Gasteiger charge is -2.35. The summed E-state index contributed by atoms with van der Waals surface area (Å²) in [5, 5.41) is 9.15. The summed E-state index contributed by atoms with van der Waals surface area (Å²) in [6.07, 6.45) is -5.81. The quantitative estimate of drug-likeness (QED) is 0.611. The smallest absolute Gasteiger partial charge is 0.473 e. The summed E-state index contributed by atoms with van der Waals surface area (Å²) in [5.41, 5.74) is 0.529. The zero-order valence-corrected chi connectivity index (χ0v) is 13.8. The summed E-state index contributed by atoms with van der Waals surface area (Å²) in [7, 11) is 0. The van der Waals surface area contributed by atoms with E-state index in [0.717, 1.165) is 13.0 Å². The van der Waals surface area contributed by atoms with Crippen molar-refractivity contribution in [2.24, 2.45) is 0 Å². The third kappa shape index (κ3) is 5.50. The summed E-state index contributed by atoms with van der Waals surface area (Å²) >= 11 is 0.